The molecule has 1 aliphatic carbocycles. The molecule has 0 aliphatic heterocycles. The Balaban J connectivity index is 2.37. The fourth-order valence-corrected chi connectivity index (χ4v) is 2.42. The maximum atomic E-state index is 12.4. The molecule has 2 aromatic rings. The maximum Gasteiger partial charge on any atom is 0.206 e. The van der Waals surface area contributed by atoms with Crippen molar-refractivity contribution in [3.8, 4) is 5.75 Å². The van der Waals surface area contributed by atoms with Crippen LogP contribution in [0.1, 0.15) is 34.7 Å². The number of allylic oxidation sites excluding steroid dienone is 2. The second kappa shape index (κ2) is 3.82. The Kier molecular flexibility index (Phi) is 2.35. The number of methoxy groups -OCH3 is 1. The number of ketones is 2. The van der Waals surface area contributed by atoms with Gasteiger partial charge in [-0.1, -0.05) is 0 Å². The van der Waals surface area contributed by atoms with Crippen molar-refractivity contribution in [1.82, 2.24) is 4.98 Å². The highest BCUT2D eigenvalue weighted by Crippen LogP contribution is 2.33. The Hall–Kier alpha value is -2.36. The molecule has 4 nitrogen and oxygen atoms in total. The summed E-state index contributed by atoms with van der Waals surface area (Å²) in [7, 11) is 1.57. The molecular weight excluding hydrogens is 242 g/mol. The third-order valence-electron chi connectivity index (χ3n) is 3.70. The van der Waals surface area contributed by atoms with Gasteiger partial charge in [-0.3, -0.25) is 9.59 Å². The number of nitrogens with one attached hydrogen (secondary N) is 1. The van der Waals surface area contributed by atoms with E-state index >= 15 is 0 Å². The summed E-state index contributed by atoms with van der Waals surface area (Å²) < 4.78 is 5.17. The quantitative estimate of drug-likeness (QED) is 0.852. The Morgan fingerprint density at radius 2 is 1.74 bits per heavy atom. The largest absolute Gasteiger partial charge is 0.497 e. The Labute approximate surface area is 110 Å². The van der Waals surface area contributed by atoms with Crippen LogP contribution in [0, 0.1) is 0 Å². The molecule has 0 saturated carbocycles. The molecule has 0 spiro atoms. The number of Topliss-reactive ketones (excluding diaryl/α,β-unsaturated/α-hetero) is 2. The molecular formula is C15H13NO3. The SMILES string of the molecule is COc1ccc2[nH]c3c(c2c1)C(=O)C(C)=C(C)C3=O. The van der Waals surface area contributed by atoms with Crippen LogP contribution in [-0.2, 0) is 0 Å². The van der Waals surface area contributed by atoms with Crippen molar-refractivity contribution in [3.05, 3.63) is 40.6 Å². The van der Waals surface area contributed by atoms with E-state index in [1.54, 1.807) is 33.1 Å². The number of H-pyrrole nitrogens is 1. The zero-order valence-electron chi connectivity index (χ0n) is 11.0. The molecule has 19 heavy (non-hydrogen) atoms. The smallest absolute Gasteiger partial charge is 0.206 e. The van der Waals surface area contributed by atoms with Gasteiger partial charge < -0.3 is 9.72 Å². The first-order valence-corrected chi connectivity index (χ1v) is 6.01. The number of rotatable bonds is 1. The summed E-state index contributed by atoms with van der Waals surface area (Å²) in [6.07, 6.45) is 0. The maximum absolute atomic E-state index is 12.4. The highest BCUT2D eigenvalue weighted by atomic mass is 16.5. The zero-order chi connectivity index (χ0) is 13.7. The van der Waals surface area contributed by atoms with E-state index in [2.05, 4.69) is 4.98 Å². The van der Waals surface area contributed by atoms with Crippen LogP contribution in [0.2, 0.25) is 0 Å². The summed E-state index contributed by atoms with van der Waals surface area (Å²) in [6.45, 7) is 3.38. The average molecular weight is 255 g/mol. The lowest BCUT2D eigenvalue weighted by Gasteiger charge is -2.13. The van der Waals surface area contributed by atoms with E-state index < -0.39 is 0 Å². The van der Waals surface area contributed by atoms with Crippen molar-refractivity contribution in [3.63, 3.8) is 0 Å². The third kappa shape index (κ3) is 1.46. The first-order chi connectivity index (χ1) is 9.04. The molecule has 0 bridgehead atoms. The molecule has 0 radical (unpaired) electrons. The number of fused-ring (bicyclic) bond motifs is 3. The third-order valence-corrected chi connectivity index (χ3v) is 3.70. The first-order valence-electron chi connectivity index (χ1n) is 6.01. The van der Waals surface area contributed by atoms with Crippen molar-refractivity contribution in [2.24, 2.45) is 0 Å². The minimum Gasteiger partial charge on any atom is -0.497 e. The lowest BCUT2D eigenvalue weighted by molar-refractivity contribution is 0.0973. The van der Waals surface area contributed by atoms with Gasteiger partial charge in [0.1, 0.15) is 5.75 Å². The highest BCUT2D eigenvalue weighted by molar-refractivity contribution is 6.30. The van der Waals surface area contributed by atoms with E-state index in [0.717, 1.165) is 10.9 Å². The molecule has 4 heteroatoms. The van der Waals surface area contributed by atoms with Gasteiger partial charge >= 0.3 is 0 Å². The minimum atomic E-state index is -0.109. The van der Waals surface area contributed by atoms with Gasteiger partial charge in [0.05, 0.1) is 18.4 Å². The van der Waals surface area contributed by atoms with Crippen LogP contribution in [0.15, 0.2) is 29.3 Å². The van der Waals surface area contributed by atoms with Crippen LogP contribution in [0.25, 0.3) is 10.9 Å². The molecule has 96 valence electrons. The van der Waals surface area contributed by atoms with Crippen molar-refractivity contribution in [2.45, 2.75) is 13.8 Å². The molecule has 0 atom stereocenters. The number of ether oxygens (including phenoxy) is 1. The molecule has 1 aliphatic rings. The number of aromatic nitrogens is 1. The molecule has 1 heterocycles. The van der Waals surface area contributed by atoms with Crippen molar-refractivity contribution in [1.29, 1.82) is 0 Å². The Bertz CT molecular complexity index is 765. The van der Waals surface area contributed by atoms with Gasteiger partial charge in [-0.15, -0.1) is 0 Å². The monoisotopic (exact) mass is 255 g/mol. The van der Waals surface area contributed by atoms with Gasteiger partial charge in [0.15, 0.2) is 5.78 Å². The zero-order valence-corrected chi connectivity index (χ0v) is 11.0. The second-order valence-corrected chi connectivity index (χ2v) is 4.69. The molecule has 0 saturated heterocycles. The lowest BCUT2D eigenvalue weighted by Crippen LogP contribution is -2.18. The van der Waals surface area contributed by atoms with Gasteiger partial charge in [-0.05, 0) is 32.0 Å². The Morgan fingerprint density at radius 1 is 1.05 bits per heavy atom. The predicted octanol–water partition coefficient (Wildman–Crippen LogP) is 2.89. The van der Waals surface area contributed by atoms with Gasteiger partial charge in [0.25, 0.3) is 0 Å². The molecule has 1 aromatic heterocycles. The molecule has 0 amide bonds. The van der Waals surface area contributed by atoms with Crippen molar-refractivity contribution < 1.29 is 14.3 Å². The van der Waals surface area contributed by atoms with E-state index in [1.807, 2.05) is 6.07 Å². The predicted molar refractivity (Wildman–Crippen MR) is 71.9 cm³/mol. The van der Waals surface area contributed by atoms with Gasteiger partial charge in [0.2, 0.25) is 5.78 Å². The van der Waals surface area contributed by atoms with E-state index in [0.29, 0.717) is 28.2 Å². The fourth-order valence-electron chi connectivity index (χ4n) is 2.42. The summed E-state index contributed by atoms with van der Waals surface area (Å²) in [5.41, 5.74) is 2.64. The topological polar surface area (TPSA) is 59.2 Å². The van der Waals surface area contributed by atoms with Crippen LogP contribution >= 0.6 is 0 Å². The molecule has 0 unspecified atom stereocenters. The van der Waals surface area contributed by atoms with E-state index in [-0.39, 0.29) is 11.6 Å². The average Bonchev–Trinajstić information content (AvgIpc) is 2.81. The molecule has 3 rings (SSSR count). The highest BCUT2D eigenvalue weighted by Gasteiger charge is 2.31. The van der Waals surface area contributed by atoms with Gasteiger partial charge in [-0.25, -0.2) is 0 Å². The van der Waals surface area contributed by atoms with Crippen LogP contribution < -0.4 is 4.74 Å². The van der Waals surface area contributed by atoms with Crippen LogP contribution in [0.4, 0.5) is 0 Å². The Morgan fingerprint density at radius 3 is 2.42 bits per heavy atom. The second-order valence-electron chi connectivity index (χ2n) is 4.69. The fraction of sp³-hybridized carbons (Fsp3) is 0.200. The van der Waals surface area contributed by atoms with Crippen molar-refractivity contribution in [2.75, 3.05) is 7.11 Å². The van der Waals surface area contributed by atoms with Gasteiger partial charge in [0, 0.05) is 22.0 Å². The molecule has 1 N–H and O–H groups in total. The molecule has 1 aromatic carbocycles. The minimum absolute atomic E-state index is 0.0911. The first kappa shape index (κ1) is 11.7. The summed E-state index contributed by atoms with van der Waals surface area (Å²) in [6, 6.07) is 5.40. The standard InChI is InChI=1S/C15H13NO3/c1-7-8(2)15(18)13-12(14(7)17)10-6-9(19-3)4-5-11(10)16-13/h4-6,16H,1-3H3. The normalized spacial score (nSPS) is 15.1. The summed E-state index contributed by atoms with van der Waals surface area (Å²) >= 11 is 0. The number of hydrogen-bond donors (Lipinski definition) is 1. The summed E-state index contributed by atoms with van der Waals surface area (Å²) in [5, 5.41) is 0.736. The summed E-state index contributed by atoms with van der Waals surface area (Å²) in [4.78, 5) is 27.6. The lowest BCUT2D eigenvalue weighted by atomic mass is 9.88. The number of aromatic amines is 1. The van der Waals surface area contributed by atoms with Crippen LogP contribution in [0.3, 0.4) is 0 Å². The van der Waals surface area contributed by atoms with Gasteiger partial charge in [-0.2, -0.15) is 0 Å². The van der Waals surface area contributed by atoms with Crippen molar-refractivity contribution >= 4 is 22.5 Å². The van der Waals surface area contributed by atoms with E-state index in [4.69, 9.17) is 4.74 Å². The van der Waals surface area contributed by atoms with E-state index in [1.165, 1.54) is 0 Å². The van der Waals surface area contributed by atoms with E-state index in [9.17, 15) is 9.59 Å². The number of benzene rings is 1. The summed E-state index contributed by atoms with van der Waals surface area (Å²) in [5.74, 6) is 0.465. The number of carbonyl (C=O) groups excluding carboxylic acids is 2. The number of carbonyl (C=O) groups is 2. The molecule has 0 fully saturated rings. The number of hydrogen-bond acceptors (Lipinski definition) is 3. The van der Waals surface area contributed by atoms with Crippen LogP contribution in [-0.4, -0.2) is 23.7 Å². The van der Waals surface area contributed by atoms with Crippen LogP contribution in [0.5, 0.6) is 5.75 Å².